The minimum atomic E-state index is 0. The summed E-state index contributed by atoms with van der Waals surface area (Å²) in [6, 6.07) is 61.2. The van der Waals surface area contributed by atoms with Crippen LogP contribution in [0.25, 0.3) is 60.9 Å². The van der Waals surface area contributed by atoms with Crippen molar-refractivity contribution in [1.29, 1.82) is 10.5 Å². The zero-order chi connectivity index (χ0) is 34.0. The third-order valence-electron chi connectivity index (χ3n) is 9.52. The molecule has 0 unspecified atom stereocenters. The Morgan fingerprint density at radius 1 is 0.588 bits per heavy atom. The number of benzene rings is 7. The zero-order valence-corrected chi connectivity index (χ0v) is 32.3. The van der Waals surface area contributed by atoms with E-state index in [1.807, 2.05) is 60.7 Å². The van der Waals surface area contributed by atoms with Crippen LogP contribution >= 0.6 is 0 Å². The predicted octanol–water partition coefficient (Wildman–Crippen LogP) is 11.2. The van der Waals surface area contributed by atoms with Crippen LogP contribution in [-0.4, -0.2) is 4.57 Å². The molecule has 238 valence electrons. The second-order valence-corrected chi connectivity index (χ2v) is 12.6. The van der Waals surface area contributed by atoms with Gasteiger partial charge in [0, 0.05) is 16.5 Å². The van der Waals surface area contributed by atoms with Crippen LogP contribution in [0.3, 0.4) is 0 Å². The van der Waals surface area contributed by atoms with E-state index in [9.17, 15) is 10.5 Å². The minimum Gasteiger partial charge on any atom is -0.309 e. The number of fused-ring (bicyclic) bond motifs is 3. The first kappa shape index (κ1) is 33.8. The number of hydrogen-bond donors (Lipinski definition) is 0. The molecule has 0 aliphatic rings. The average Bonchev–Trinajstić information content (AvgIpc) is 3.51. The molecule has 0 N–H and O–H groups in total. The van der Waals surface area contributed by atoms with Crippen LogP contribution in [0.1, 0.15) is 27.8 Å². The summed E-state index contributed by atoms with van der Waals surface area (Å²) in [5.41, 5.74) is 13.9. The van der Waals surface area contributed by atoms with Gasteiger partial charge in [-0.15, -0.1) is 17.7 Å². The monoisotopic (exact) mass is 875 g/mol. The van der Waals surface area contributed by atoms with Crippen molar-refractivity contribution >= 4 is 21.8 Å². The molecule has 0 aliphatic heterocycles. The second kappa shape index (κ2) is 14.7. The number of nitrogens with zero attached hydrogens (tertiary/aromatic N) is 3. The van der Waals surface area contributed by atoms with Crippen LogP contribution < -0.4 is 0 Å². The second-order valence-electron chi connectivity index (χ2n) is 12.6. The normalized spacial score (nSPS) is 10.8. The molecule has 3 nitrogen and oxygen atoms in total. The van der Waals surface area contributed by atoms with Gasteiger partial charge in [-0.2, -0.15) is 52.5 Å². The third kappa shape index (κ3) is 6.54. The molecule has 7 aromatic carbocycles. The molecular formula is C47H31N3U. The summed E-state index contributed by atoms with van der Waals surface area (Å²) in [7, 11) is 0. The Morgan fingerprint density at radius 3 is 1.92 bits per heavy atom. The quantitative estimate of drug-likeness (QED) is 0.150. The fraction of sp³-hybridized carbons (Fsp3) is 0.0638. The number of aromatic nitrogens is 1. The molecular weight excluding hydrogens is 845 g/mol. The van der Waals surface area contributed by atoms with Crippen LogP contribution in [-0.2, 0) is 12.8 Å². The summed E-state index contributed by atoms with van der Waals surface area (Å²) in [6.07, 6.45) is 1.47. The summed E-state index contributed by atoms with van der Waals surface area (Å²) in [6.45, 7) is 2.15. The van der Waals surface area contributed by atoms with Gasteiger partial charge < -0.3 is 4.57 Å². The summed E-state index contributed by atoms with van der Waals surface area (Å²) in [4.78, 5) is 0. The average molecular weight is 876 g/mol. The van der Waals surface area contributed by atoms with Crippen LogP contribution in [0.4, 0.5) is 0 Å². The molecule has 1 heterocycles. The van der Waals surface area contributed by atoms with E-state index >= 15 is 0 Å². The molecule has 8 rings (SSSR count). The van der Waals surface area contributed by atoms with Crippen molar-refractivity contribution in [3.8, 4) is 51.2 Å². The van der Waals surface area contributed by atoms with Gasteiger partial charge in [-0.25, -0.2) is 11.1 Å². The molecule has 1 aromatic heterocycles. The smallest absolute Gasteiger partial charge is 0.309 e. The van der Waals surface area contributed by atoms with Crippen LogP contribution in [0.15, 0.2) is 146 Å². The van der Waals surface area contributed by atoms with Crippen molar-refractivity contribution in [2.24, 2.45) is 0 Å². The van der Waals surface area contributed by atoms with Crippen molar-refractivity contribution in [3.05, 3.63) is 186 Å². The van der Waals surface area contributed by atoms with E-state index in [1.165, 1.54) is 22.3 Å². The topological polar surface area (TPSA) is 52.5 Å². The van der Waals surface area contributed by atoms with Crippen LogP contribution in [0, 0.1) is 72.8 Å². The molecule has 0 saturated heterocycles. The molecule has 0 bridgehead atoms. The number of rotatable bonds is 7. The zero-order valence-electron chi connectivity index (χ0n) is 28.1. The van der Waals surface area contributed by atoms with Gasteiger partial charge in [-0.05, 0) is 83.6 Å². The first-order valence-electron chi connectivity index (χ1n) is 16.8. The molecule has 0 radical (unpaired) electrons. The Bertz CT molecular complexity index is 2580. The van der Waals surface area contributed by atoms with Gasteiger partial charge in [-0.3, -0.25) is 0 Å². The van der Waals surface area contributed by atoms with Gasteiger partial charge in [0.05, 0.1) is 34.3 Å². The van der Waals surface area contributed by atoms with E-state index in [0.717, 1.165) is 68.2 Å². The van der Waals surface area contributed by atoms with Crippen molar-refractivity contribution < 1.29 is 31.1 Å². The van der Waals surface area contributed by atoms with E-state index in [0.29, 0.717) is 11.1 Å². The standard InChI is InChI=1S/C47H31N3.U/c1-32-12-5-6-15-40(32)42-19-11-18-41(36-13-3-2-4-14-36)43(42)23-22-33-24-34(30-48)26-37(25-33)38-27-35(31-49)28-39(29-38)50-46-20-9-7-16-44(46)45-17-8-10-21-47(45)50;/h2-13,15-17,19-21,24-29H,22-23H2,1H3;/q-2;+2. The van der Waals surface area contributed by atoms with Crippen LogP contribution in [0.2, 0.25) is 0 Å². The molecule has 8 aromatic rings. The van der Waals surface area contributed by atoms with Crippen molar-refractivity contribution in [2.45, 2.75) is 19.8 Å². The Kier molecular flexibility index (Phi) is 9.75. The summed E-state index contributed by atoms with van der Waals surface area (Å²) < 4.78 is 2.23. The minimum absolute atomic E-state index is 0. The van der Waals surface area contributed by atoms with Gasteiger partial charge in [0.25, 0.3) is 0 Å². The van der Waals surface area contributed by atoms with Gasteiger partial charge in [0.2, 0.25) is 0 Å². The summed E-state index contributed by atoms with van der Waals surface area (Å²) >= 11 is 0. The molecule has 0 aliphatic carbocycles. The Morgan fingerprint density at radius 2 is 1.24 bits per heavy atom. The molecule has 51 heavy (non-hydrogen) atoms. The SMILES string of the molecule is Cc1ccccc1-c1cc[c-]c(-c2[c-]cccc2)c1CCc1cc(C#N)cc(-c2cc(C#N)cc(-n3c4ccccc4c4ccccc43)c2)c1.[U+2]. The maximum absolute atomic E-state index is 10.2. The number of hydrogen-bond acceptors (Lipinski definition) is 2. The first-order chi connectivity index (χ1) is 24.6. The molecule has 0 amide bonds. The maximum Gasteiger partial charge on any atom is 2.00 e. The van der Waals surface area contributed by atoms with Crippen molar-refractivity contribution in [3.63, 3.8) is 0 Å². The van der Waals surface area contributed by atoms with Gasteiger partial charge in [-0.1, -0.05) is 73.2 Å². The first-order valence-corrected chi connectivity index (χ1v) is 16.8. The molecule has 0 saturated carbocycles. The third-order valence-corrected chi connectivity index (χ3v) is 9.52. The van der Waals surface area contributed by atoms with E-state index in [4.69, 9.17) is 0 Å². The van der Waals surface area contributed by atoms with Crippen molar-refractivity contribution in [1.82, 2.24) is 4.57 Å². The maximum atomic E-state index is 10.2. The fourth-order valence-corrected chi connectivity index (χ4v) is 7.22. The van der Waals surface area contributed by atoms with Gasteiger partial charge >= 0.3 is 31.1 Å². The molecule has 0 atom stereocenters. The van der Waals surface area contributed by atoms with E-state index in [1.54, 1.807) is 0 Å². The molecule has 0 spiro atoms. The van der Waals surface area contributed by atoms with Crippen LogP contribution in [0.5, 0.6) is 0 Å². The summed E-state index contributed by atoms with van der Waals surface area (Å²) in [5.74, 6) is 0. The largest absolute Gasteiger partial charge is 2.00 e. The molecule has 4 heteroatoms. The number of aryl methyl sites for hydroxylation is 2. The van der Waals surface area contributed by atoms with Crippen molar-refractivity contribution in [2.75, 3.05) is 0 Å². The summed E-state index contributed by atoms with van der Waals surface area (Å²) in [5, 5.41) is 22.7. The Balaban J connectivity index is 0.00000406. The Hall–Kier alpha value is -5.63. The number of para-hydroxylation sites is 2. The molecule has 0 fully saturated rings. The fourth-order valence-electron chi connectivity index (χ4n) is 7.22. The van der Waals surface area contributed by atoms with E-state index < -0.39 is 0 Å². The number of nitriles is 2. The van der Waals surface area contributed by atoms with E-state index in [2.05, 4.69) is 121 Å². The van der Waals surface area contributed by atoms with Gasteiger partial charge in [0.1, 0.15) is 0 Å². The van der Waals surface area contributed by atoms with E-state index in [-0.39, 0.29) is 31.1 Å². The van der Waals surface area contributed by atoms with Gasteiger partial charge in [0.15, 0.2) is 0 Å². The Labute approximate surface area is 322 Å². The predicted molar refractivity (Wildman–Crippen MR) is 203 cm³/mol.